The van der Waals surface area contributed by atoms with E-state index >= 15 is 0 Å². The molecule has 0 saturated heterocycles. The van der Waals surface area contributed by atoms with Crippen LogP contribution in [0.1, 0.15) is 35.5 Å². The van der Waals surface area contributed by atoms with Crippen LogP contribution in [0.15, 0.2) is 63.5 Å². The molecule has 2 N–H and O–H groups in total. The molecule has 1 atom stereocenters. The third-order valence-corrected chi connectivity index (χ3v) is 4.52. The lowest BCUT2D eigenvalue weighted by atomic mass is 10.2. The highest BCUT2D eigenvalue weighted by atomic mass is 79.9. The molecule has 26 heavy (non-hydrogen) atoms. The van der Waals surface area contributed by atoms with Crippen LogP contribution in [-0.2, 0) is 4.79 Å². The Kier molecular flexibility index (Phi) is 5.73. The Morgan fingerprint density at radius 2 is 1.85 bits per heavy atom. The largest absolute Gasteiger partial charge is 0.459 e. The number of carbonyl (C=O) groups excluding carboxylic acids is 2. The smallest absolute Gasteiger partial charge is 0.251 e. The average Bonchev–Trinajstić information content (AvgIpc) is 3.06. The summed E-state index contributed by atoms with van der Waals surface area (Å²) in [4.78, 5) is 24.1. The number of benzene rings is 2. The number of hydrogen-bond acceptors (Lipinski definition) is 3. The molecule has 3 aromatic rings. The Balaban J connectivity index is 1.47. The van der Waals surface area contributed by atoms with Gasteiger partial charge in [-0.2, -0.15) is 0 Å². The van der Waals surface area contributed by atoms with Gasteiger partial charge >= 0.3 is 0 Å². The first kappa shape index (κ1) is 18.2. The van der Waals surface area contributed by atoms with Crippen molar-refractivity contribution in [3.05, 3.63) is 70.4 Å². The Hall–Kier alpha value is -2.60. The number of amides is 2. The van der Waals surface area contributed by atoms with Crippen LogP contribution in [0, 0.1) is 0 Å². The summed E-state index contributed by atoms with van der Waals surface area (Å²) in [6.45, 7) is 2.14. The molecule has 2 amide bonds. The summed E-state index contributed by atoms with van der Waals surface area (Å²) in [5.41, 5.74) is 1.36. The number of rotatable bonds is 6. The van der Waals surface area contributed by atoms with Crippen LogP contribution in [0.4, 0.5) is 0 Å². The number of carbonyl (C=O) groups is 2. The second-order valence-electron chi connectivity index (χ2n) is 5.99. The van der Waals surface area contributed by atoms with Crippen molar-refractivity contribution in [3.63, 3.8) is 0 Å². The van der Waals surface area contributed by atoms with Crippen molar-refractivity contribution in [1.29, 1.82) is 0 Å². The minimum Gasteiger partial charge on any atom is -0.459 e. The summed E-state index contributed by atoms with van der Waals surface area (Å²) in [6.07, 6.45) is 0.201. The number of hydrogen-bond donors (Lipinski definition) is 2. The van der Waals surface area contributed by atoms with E-state index in [1.54, 1.807) is 24.3 Å². The second kappa shape index (κ2) is 8.19. The number of nitrogens with one attached hydrogen (secondary N) is 2. The van der Waals surface area contributed by atoms with Gasteiger partial charge in [0.15, 0.2) is 0 Å². The Morgan fingerprint density at radius 1 is 1.12 bits per heavy atom. The van der Waals surface area contributed by atoms with Gasteiger partial charge < -0.3 is 15.1 Å². The minimum atomic E-state index is -0.239. The molecule has 0 bridgehead atoms. The molecule has 6 heteroatoms. The van der Waals surface area contributed by atoms with Crippen molar-refractivity contribution in [2.45, 2.75) is 19.4 Å². The van der Waals surface area contributed by atoms with Crippen molar-refractivity contribution >= 4 is 38.7 Å². The maximum atomic E-state index is 12.1. The van der Waals surface area contributed by atoms with E-state index in [1.807, 2.05) is 37.3 Å². The summed E-state index contributed by atoms with van der Waals surface area (Å²) < 4.78 is 6.66. The van der Waals surface area contributed by atoms with Crippen LogP contribution in [0.3, 0.4) is 0 Å². The Bertz CT molecular complexity index is 885. The SMILES string of the molecule is C[C@@H](NC(=O)CCNC(=O)c1ccc(Br)cc1)c1cc2ccccc2o1. The molecule has 0 aliphatic carbocycles. The van der Waals surface area contributed by atoms with E-state index in [-0.39, 0.29) is 30.8 Å². The molecule has 0 unspecified atom stereocenters. The predicted octanol–water partition coefficient (Wildman–Crippen LogP) is 4.19. The fourth-order valence-electron chi connectivity index (χ4n) is 2.59. The molecule has 0 aliphatic heterocycles. The van der Waals surface area contributed by atoms with E-state index in [0.29, 0.717) is 11.3 Å². The van der Waals surface area contributed by atoms with E-state index in [2.05, 4.69) is 26.6 Å². The second-order valence-corrected chi connectivity index (χ2v) is 6.90. The van der Waals surface area contributed by atoms with Gasteiger partial charge in [0.05, 0.1) is 6.04 Å². The van der Waals surface area contributed by atoms with Crippen LogP contribution < -0.4 is 10.6 Å². The summed E-state index contributed by atoms with van der Waals surface area (Å²) in [5, 5.41) is 6.64. The molecule has 5 nitrogen and oxygen atoms in total. The van der Waals surface area contributed by atoms with Gasteiger partial charge in [-0.1, -0.05) is 34.1 Å². The maximum absolute atomic E-state index is 12.1. The summed E-state index contributed by atoms with van der Waals surface area (Å²) in [7, 11) is 0. The molecular weight excluding hydrogens is 396 g/mol. The Labute approximate surface area is 159 Å². The molecule has 0 radical (unpaired) electrons. The number of furan rings is 1. The zero-order valence-corrected chi connectivity index (χ0v) is 15.9. The third-order valence-electron chi connectivity index (χ3n) is 3.99. The molecular formula is C20H19BrN2O3. The van der Waals surface area contributed by atoms with Gasteiger partial charge in [-0.25, -0.2) is 0 Å². The number of fused-ring (bicyclic) bond motifs is 1. The standard InChI is InChI=1S/C20H19BrN2O3/c1-13(18-12-15-4-2-3-5-17(15)26-18)23-19(24)10-11-22-20(25)14-6-8-16(21)9-7-14/h2-9,12-13H,10-11H2,1H3,(H,22,25)(H,23,24)/t13-/m1/s1. The molecule has 1 heterocycles. The highest BCUT2D eigenvalue weighted by Crippen LogP contribution is 2.23. The highest BCUT2D eigenvalue weighted by molar-refractivity contribution is 9.10. The predicted molar refractivity (Wildman–Crippen MR) is 104 cm³/mol. The summed E-state index contributed by atoms with van der Waals surface area (Å²) >= 11 is 3.33. The molecule has 0 spiro atoms. The first-order valence-corrected chi connectivity index (χ1v) is 9.14. The number of para-hydroxylation sites is 1. The van der Waals surface area contributed by atoms with Crippen molar-refractivity contribution < 1.29 is 14.0 Å². The van der Waals surface area contributed by atoms with E-state index in [1.165, 1.54) is 0 Å². The van der Waals surface area contributed by atoms with Crippen LogP contribution in [0.2, 0.25) is 0 Å². The van der Waals surface area contributed by atoms with Crippen molar-refractivity contribution in [2.75, 3.05) is 6.54 Å². The third kappa shape index (κ3) is 4.52. The van der Waals surface area contributed by atoms with Gasteiger partial charge in [0.2, 0.25) is 5.91 Å². The van der Waals surface area contributed by atoms with Crippen LogP contribution in [0.25, 0.3) is 11.0 Å². The van der Waals surface area contributed by atoms with Gasteiger partial charge in [0, 0.05) is 28.4 Å². The molecule has 134 valence electrons. The van der Waals surface area contributed by atoms with E-state index < -0.39 is 0 Å². The molecule has 2 aromatic carbocycles. The lowest BCUT2D eigenvalue weighted by molar-refractivity contribution is -0.121. The molecule has 0 fully saturated rings. The van der Waals surface area contributed by atoms with Gasteiger partial charge in [-0.3, -0.25) is 9.59 Å². The topological polar surface area (TPSA) is 71.3 Å². The molecule has 0 saturated carbocycles. The molecule has 3 rings (SSSR count). The lowest BCUT2D eigenvalue weighted by Gasteiger charge is -2.11. The van der Waals surface area contributed by atoms with Gasteiger partial charge in [-0.15, -0.1) is 0 Å². The molecule has 0 aliphatic rings. The van der Waals surface area contributed by atoms with Crippen LogP contribution in [0.5, 0.6) is 0 Å². The van der Waals surface area contributed by atoms with Crippen molar-refractivity contribution in [1.82, 2.24) is 10.6 Å². The first-order valence-electron chi connectivity index (χ1n) is 8.34. The van der Waals surface area contributed by atoms with E-state index in [0.717, 1.165) is 15.4 Å². The Morgan fingerprint density at radius 3 is 2.58 bits per heavy atom. The monoisotopic (exact) mass is 414 g/mol. The van der Waals surface area contributed by atoms with Crippen molar-refractivity contribution in [3.8, 4) is 0 Å². The van der Waals surface area contributed by atoms with Gasteiger partial charge in [0.25, 0.3) is 5.91 Å². The fraction of sp³-hybridized carbons (Fsp3) is 0.200. The van der Waals surface area contributed by atoms with Crippen LogP contribution in [-0.4, -0.2) is 18.4 Å². The van der Waals surface area contributed by atoms with E-state index in [4.69, 9.17) is 4.42 Å². The van der Waals surface area contributed by atoms with Crippen molar-refractivity contribution in [2.24, 2.45) is 0 Å². The summed E-state index contributed by atoms with van der Waals surface area (Å²) in [5.74, 6) is 0.364. The fourth-order valence-corrected chi connectivity index (χ4v) is 2.86. The normalized spacial score (nSPS) is 11.9. The van der Waals surface area contributed by atoms with E-state index in [9.17, 15) is 9.59 Å². The minimum absolute atomic E-state index is 0.144. The molecule has 1 aromatic heterocycles. The maximum Gasteiger partial charge on any atom is 0.251 e. The zero-order valence-electron chi connectivity index (χ0n) is 14.3. The first-order chi connectivity index (χ1) is 12.5. The number of halogens is 1. The van der Waals surface area contributed by atoms with Crippen LogP contribution >= 0.6 is 15.9 Å². The average molecular weight is 415 g/mol. The highest BCUT2D eigenvalue weighted by Gasteiger charge is 2.14. The van der Waals surface area contributed by atoms with Gasteiger partial charge in [-0.05, 0) is 43.3 Å². The zero-order chi connectivity index (χ0) is 18.5. The van der Waals surface area contributed by atoms with Gasteiger partial charge in [0.1, 0.15) is 11.3 Å². The lowest BCUT2D eigenvalue weighted by Crippen LogP contribution is -2.31. The quantitative estimate of drug-likeness (QED) is 0.634. The summed E-state index contributed by atoms with van der Waals surface area (Å²) in [6, 6.07) is 16.5.